The predicted octanol–water partition coefficient (Wildman–Crippen LogP) is 4.49. The Labute approximate surface area is 108 Å². The van der Waals surface area contributed by atoms with Gasteiger partial charge in [-0.1, -0.05) is 50.4 Å². The summed E-state index contributed by atoms with van der Waals surface area (Å²) in [4.78, 5) is 12.0. The largest absolute Gasteiger partial charge is 0.325 e. The number of para-hydroxylation sites is 1. The summed E-state index contributed by atoms with van der Waals surface area (Å²) in [5.41, 5.74) is 0.703. The molecule has 0 saturated carbocycles. The fraction of sp³-hybridized carbons (Fsp3) is 0.500. The van der Waals surface area contributed by atoms with Crippen LogP contribution in [0.2, 0.25) is 5.02 Å². The third-order valence-electron chi connectivity index (χ3n) is 2.90. The minimum Gasteiger partial charge on any atom is -0.325 e. The normalized spacial score (nSPS) is 12.2. The lowest BCUT2D eigenvalue weighted by Gasteiger charge is -2.15. The molecule has 0 aromatic heterocycles. The van der Waals surface area contributed by atoms with Crippen molar-refractivity contribution in [2.75, 3.05) is 5.32 Å². The van der Waals surface area contributed by atoms with Crippen LogP contribution in [0.1, 0.15) is 39.5 Å². The standard InChI is InChI=1S/C14H20ClNO/c1-3-5-8-11(4-2)14(17)16-13-10-7-6-9-12(13)15/h6-7,9-11H,3-5,8H2,1-2H3,(H,16,17)/t11-/m1/s1. The Balaban J connectivity index is 2.61. The Kier molecular flexibility index (Phi) is 6.06. The van der Waals surface area contributed by atoms with Gasteiger partial charge in [-0.15, -0.1) is 0 Å². The number of carbonyl (C=O) groups excluding carboxylic acids is 1. The molecule has 0 aliphatic carbocycles. The van der Waals surface area contributed by atoms with Gasteiger partial charge in [0.2, 0.25) is 5.91 Å². The van der Waals surface area contributed by atoms with E-state index in [1.807, 2.05) is 25.1 Å². The molecule has 0 radical (unpaired) electrons. The first-order valence-electron chi connectivity index (χ1n) is 6.24. The van der Waals surface area contributed by atoms with E-state index >= 15 is 0 Å². The zero-order chi connectivity index (χ0) is 12.7. The van der Waals surface area contributed by atoms with Gasteiger partial charge >= 0.3 is 0 Å². The minimum atomic E-state index is 0.0778. The number of rotatable bonds is 6. The van der Waals surface area contributed by atoms with Crippen molar-refractivity contribution in [2.45, 2.75) is 39.5 Å². The lowest BCUT2D eigenvalue weighted by Crippen LogP contribution is -2.22. The van der Waals surface area contributed by atoms with Crippen molar-refractivity contribution in [3.05, 3.63) is 29.3 Å². The monoisotopic (exact) mass is 253 g/mol. The van der Waals surface area contributed by atoms with Crippen LogP contribution in [0.3, 0.4) is 0 Å². The van der Waals surface area contributed by atoms with Crippen LogP contribution in [0.5, 0.6) is 0 Å². The van der Waals surface area contributed by atoms with E-state index in [1.165, 1.54) is 0 Å². The molecular weight excluding hydrogens is 234 g/mol. The van der Waals surface area contributed by atoms with Gasteiger partial charge in [-0.05, 0) is 25.0 Å². The Morgan fingerprint density at radius 3 is 2.65 bits per heavy atom. The highest BCUT2D eigenvalue weighted by Crippen LogP contribution is 2.22. The van der Waals surface area contributed by atoms with Gasteiger partial charge in [0.05, 0.1) is 10.7 Å². The number of anilines is 1. The highest BCUT2D eigenvalue weighted by molar-refractivity contribution is 6.33. The van der Waals surface area contributed by atoms with E-state index in [0.717, 1.165) is 25.7 Å². The predicted molar refractivity (Wildman–Crippen MR) is 73.4 cm³/mol. The molecule has 0 fully saturated rings. The number of halogens is 1. The van der Waals surface area contributed by atoms with Crippen molar-refractivity contribution in [2.24, 2.45) is 5.92 Å². The first-order chi connectivity index (χ1) is 8.19. The van der Waals surface area contributed by atoms with Gasteiger partial charge < -0.3 is 5.32 Å². The maximum atomic E-state index is 12.0. The van der Waals surface area contributed by atoms with Crippen molar-refractivity contribution in [1.29, 1.82) is 0 Å². The fourth-order valence-electron chi connectivity index (χ4n) is 1.77. The highest BCUT2D eigenvalue weighted by Gasteiger charge is 2.16. The zero-order valence-corrected chi connectivity index (χ0v) is 11.3. The van der Waals surface area contributed by atoms with Gasteiger partial charge in [-0.25, -0.2) is 0 Å². The van der Waals surface area contributed by atoms with Crippen molar-refractivity contribution in [3.8, 4) is 0 Å². The molecule has 17 heavy (non-hydrogen) atoms. The summed E-state index contributed by atoms with van der Waals surface area (Å²) in [5.74, 6) is 0.167. The lowest BCUT2D eigenvalue weighted by atomic mass is 9.98. The van der Waals surface area contributed by atoms with E-state index in [9.17, 15) is 4.79 Å². The number of hydrogen-bond acceptors (Lipinski definition) is 1. The molecule has 2 nitrogen and oxygen atoms in total. The van der Waals surface area contributed by atoms with Crippen molar-refractivity contribution in [3.63, 3.8) is 0 Å². The van der Waals surface area contributed by atoms with E-state index in [1.54, 1.807) is 6.07 Å². The molecule has 0 bridgehead atoms. The zero-order valence-electron chi connectivity index (χ0n) is 10.5. The molecule has 1 atom stereocenters. The lowest BCUT2D eigenvalue weighted by molar-refractivity contribution is -0.120. The van der Waals surface area contributed by atoms with E-state index < -0.39 is 0 Å². The molecule has 1 aromatic carbocycles. The molecule has 0 aliphatic heterocycles. The number of amides is 1. The third kappa shape index (κ3) is 4.39. The van der Waals surface area contributed by atoms with Crippen LogP contribution < -0.4 is 5.32 Å². The molecule has 3 heteroatoms. The second-order valence-corrected chi connectivity index (χ2v) is 4.62. The number of hydrogen-bond donors (Lipinski definition) is 1. The summed E-state index contributed by atoms with van der Waals surface area (Å²) < 4.78 is 0. The second-order valence-electron chi connectivity index (χ2n) is 4.22. The summed E-state index contributed by atoms with van der Waals surface area (Å²) in [5, 5.41) is 3.49. The maximum Gasteiger partial charge on any atom is 0.227 e. The van der Waals surface area contributed by atoms with Gasteiger partial charge in [-0.3, -0.25) is 4.79 Å². The number of unbranched alkanes of at least 4 members (excludes halogenated alkanes) is 1. The molecule has 1 N–H and O–H groups in total. The van der Waals surface area contributed by atoms with Crippen LogP contribution in [0, 0.1) is 5.92 Å². The maximum absolute atomic E-state index is 12.0. The van der Waals surface area contributed by atoms with Crippen LogP contribution in [0.4, 0.5) is 5.69 Å². The summed E-state index contributed by atoms with van der Waals surface area (Å²) in [7, 11) is 0. The number of benzene rings is 1. The molecule has 0 heterocycles. The van der Waals surface area contributed by atoms with Crippen LogP contribution >= 0.6 is 11.6 Å². The molecule has 1 rings (SSSR count). The molecule has 94 valence electrons. The Morgan fingerprint density at radius 2 is 2.06 bits per heavy atom. The van der Waals surface area contributed by atoms with E-state index in [4.69, 9.17) is 11.6 Å². The first-order valence-corrected chi connectivity index (χ1v) is 6.62. The quantitative estimate of drug-likeness (QED) is 0.795. The van der Waals surface area contributed by atoms with Crippen LogP contribution in [-0.4, -0.2) is 5.91 Å². The van der Waals surface area contributed by atoms with Gasteiger partial charge in [0.1, 0.15) is 0 Å². The minimum absolute atomic E-state index is 0.0778. The SMILES string of the molecule is CCCC[C@@H](CC)C(=O)Nc1ccccc1Cl. The van der Waals surface area contributed by atoms with Crippen LogP contribution in [-0.2, 0) is 4.79 Å². The van der Waals surface area contributed by atoms with Gasteiger partial charge in [0, 0.05) is 5.92 Å². The fourth-order valence-corrected chi connectivity index (χ4v) is 1.95. The highest BCUT2D eigenvalue weighted by atomic mass is 35.5. The molecule has 0 unspecified atom stereocenters. The van der Waals surface area contributed by atoms with Crippen molar-refractivity contribution < 1.29 is 4.79 Å². The smallest absolute Gasteiger partial charge is 0.227 e. The Morgan fingerprint density at radius 1 is 1.35 bits per heavy atom. The average Bonchev–Trinajstić information content (AvgIpc) is 2.33. The topological polar surface area (TPSA) is 29.1 Å². The molecule has 0 aliphatic rings. The average molecular weight is 254 g/mol. The molecule has 0 spiro atoms. The number of carbonyl (C=O) groups is 1. The molecule has 0 saturated heterocycles. The second kappa shape index (κ2) is 7.33. The molecule has 1 amide bonds. The Bertz CT molecular complexity index is 365. The van der Waals surface area contributed by atoms with E-state index in [2.05, 4.69) is 12.2 Å². The molecular formula is C14H20ClNO. The summed E-state index contributed by atoms with van der Waals surface area (Å²) in [6, 6.07) is 7.33. The van der Waals surface area contributed by atoms with Gasteiger partial charge in [-0.2, -0.15) is 0 Å². The molecule has 1 aromatic rings. The van der Waals surface area contributed by atoms with Crippen LogP contribution in [0.25, 0.3) is 0 Å². The first kappa shape index (κ1) is 14.0. The van der Waals surface area contributed by atoms with E-state index in [0.29, 0.717) is 10.7 Å². The summed E-state index contributed by atoms with van der Waals surface area (Å²) in [6.07, 6.45) is 4.03. The van der Waals surface area contributed by atoms with Gasteiger partial charge in [0.15, 0.2) is 0 Å². The number of nitrogens with one attached hydrogen (secondary N) is 1. The van der Waals surface area contributed by atoms with Crippen molar-refractivity contribution >= 4 is 23.2 Å². The van der Waals surface area contributed by atoms with Gasteiger partial charge in [0.25, 0.3) is 0 Å². The van der Waals surface area contributed by atoms with Crippen LogP contribution in [0.15, 0.2) is 24.3 Å². The van der Waals surface area contributed by atoms with E-state index in [-0.39, 0.29) is 11.8 Å². The third-order valence-corrected chi connectivity index (χ3v) is 3.23. The summed E-state index contributed by atoms with van der Waals surface area (Å²) in [6.45, 7) is 4.19. The summed E-state index contributed by atoms with van der Waals surface area (Å²) >= 11 is 6.01. The Hall–Kier alpha value is -1.02. The van der Waals surface area contributed by atoms with Crippen molar-refractivity contribution in [1.82, 2.24) is 0 Å².